The Morgan fingerprint density at radius 2 is 2.11 bits per heavy atom. The monoisotopic (exact) mass is 261 g/mol. The van der Waals surface area contributed by atoms with Crippen molar-refractivity contribution in [3.8, 4) is 5.75 Å². The summed E-state index contributed by atoms with van der Waals surface area (Å²) < 4.78 is 5.76. The SMILES string of the molecule is CC(C)c1ccccc1OCCNC(=O)C1CC1C. The zero-order valence-electron chi connectivity index (χ0n) is 12.0. The number of carbonyl (C=O) groups excluding carboxylic acids is 1. The van der Waals surface area contributed by atoms with Crippen LogP contribution in [0.5, 0.6) is 5.75 Å². The number of carbonyl (C=O) groups is 1. The number of ether oxygens (including phenoxy) is 1. The summed E-state index contributed by atoms with van der Waals surface area (Å²) in [4.78, 5) is 11.6. The predicted octanol–water partition coefficient (Wildman–Crippen LogP) is 2.96. The highest BCUT2D eigenvalue weighted by Crippen LogP contribution is 2.37. The van der Waals surface area contributed by atoms with Gasteiger partial charge in [-0.15, -0.1) is 0 Å². The predicted molar refractivity (Wildman–Crippen MR) is 76.3 cm³/mol. The summed E-state index contributed by atoms with van der Waals surface area (Å²) in [5.41, 5.74) is 1.21. The van der Waals surface area contributed by atoms with Gasteiger partial charge in [-0.05, 0) is 29.9 Å². The summed E-state index contributed by atoms with van der Waals surface area (Å²) in [6, 6.07) is 8.08. The standard InChI is InChI=1S/C16H23NO2/c1-11(2)13-6-4-5-7-15(13)19-9-8-17-16(18)14-10-12(14)3/h4-7,11-12,14H,8-10H2,1-3H3,(H,17,18). The third-order valence-corrected chi connectivity index (χ3v) is 3.65. The van der Waals surface area contributed by atoms with E-state index in [1.165, 1.54) is 5.56 Å². The van der Waals surface area contributed by atoms with Crippen LogP contribution in [-0.4, -0.2) is 19.1 Å². The molecule has 3 heteroatoms. The maximum Gasteiger partial charge on any atom is 0.223 e. The summed E-state index contributed by atoms with van der Waals surface area (Å²) in [5, 5.41) is 2.93. The minimum atomic E-state index is 0.174. The molecule has 1 amide bonds. The quantitative estimate of drug-likeness (QED) is 0.800. The van der Waals surface area contributed by atoms with Crippen molar-refractivity contribution in [2.24, 2.45) is 11.8 Å². The highest BCUT2D eigenvalue weighted by molar-refractivity contribution is 5.81. The third kappa shape index (κ3) is 3.72. The van der Waals surface area contributed by atoms with Crippen molar-refractivity contribution in [3.63, 3.8) is 0 Å². The van der Waals surface area contributed by atoms with E-state index in [1.807, 2.05) is 18.2 Å². The van der Waals surface area contributed by atoms with Crippen molar-refractivity contribution in [2.75, 3.05) is 13.2 Å². The molecule has 1 aromatic carbocycles. The van der Waals surface area contributed by atoms with Gasteiger partial charge in [-0.3, -0.25) is 4.79 Å². The van der Waals surface area contributed by atoms with Crippen LogP contribution in [-0.2, 0) is 4.79 Å². The van der Waals surface area contributed by atoms with Crippen LogP contribution in [0.25, 0.3) is 0 Å². The van der Waals surface area contributed by atoms with E-state index >= 15 is 0 Å². The first kappa shape index (κ1) is 13.9. The van der Waals surface area contributed by atoms with Gasteiger partial charge in [-0.25, -0.2) is 0 Å². The van der Waals surface area contributed by atoms with Gasteiger partial charge in [0.25, 0.3) is 0 Å². The molecule has 2 unspecified atom stereocenters. The number of hydrogen-bond donors (Lipinski definition) is 1. The number of rotatable bonds is 6. The van der Waals surface area contributed by atoms with Crippen LogP contribution >= 0.6 is 0 Å². The molecule has 1 N–H and O–H groups in total. The van der Waals surface area contributed by atoms with Crippen LogP contribution in [0.2, 0.25) is 0 Å². The molecular formula is C16H23NO2. The smallest absolute Gasteiger partial charge is 0.223 e. The number of para-hydroxylation sites is 1. The Balaban J connectivity index is 1.75. The Hall–Kier alpha value is -1.51. The summed E-state index contributed by atoms with van der Waals surface area (Å²) in [7, 11) is 0. The van der Waals surface area contributed by atoms with Gasteiger partial charge in [0, 0.05) is 5.92 Å². The second-order valence-electron chi connectivity index (χ2n) is 5.65. The largest absolute Gasteiger partial charge is 0.491 e. The lowest BCUT2D eigenvalue weighted by Crippen LogP contribution is -2.29. The highest BCUT2D eigenvalue weighted by Gasteiger charge is 2.38. The molecule has 1 aliphatic carbocycles. The fraction of sp³-hybridized carbons (Fsp3) is 0.562. The zero-order chi connectivity index (χ0) is 13.8. The average molecular weight is 261 g/mol. The van der Waals surface area contributed by atoms with Gasteiger partial charge in [0.2, 0.25) is 5.91 Å². The third-order valence-electron chi connectivity index (χ3n) is 3.65. The van der Waals surface area contributed by atoms with Gasteiger partial charge in [-0.1, -0.05) is 39.0 Å². The van der Waals surface area contributed by atoms with Crippen LogP contribution in [0.4, 0.5) is 0 Å². The Morgan fingerprint density at radius 3 is 2.74 bits per heavy atom. The van der Waals surface area contributed by atoms with Gasteiger partial charge in [0.15, 0.2) is 0 Å². The molecule has 0 aromatic heterocycles. The molecule has 0 spiro atoms. The van der Waals surface area contributed by atoms with Crippen molar-refractivity contribution in [2.45, 2.75) is 33.1 Å². The zero-order valence-corrected chi connectivity index (χ0v) is 12.0. The summed E-state index contributed by atoms with van der Waals surface area (Å²) in [6.45, 7) is 7.52. The second kappa shape index (κ2) is 6.09. The van der Waals surface area contributed by atoms with E-state index in [1.54, 1.807) is 0 Å². The van der Waals surface area contributed by atoms with Crippen LogP contribution in [0, 0.1) is 11.8 Å². The molecule has 3 nitrogen and oxygen atoms in total. The molecule has 19 heavy (non-hydrogen) atoms. The van der Waals surface area contributed by atoms with E-state index in [2.05, 4.69) is 32.2 Å². The lowest BCUT2D eigenvalue weighted by molar-refractivity contribution is -0.122. The van der Waals surface area contributed by atoms with E-state index in [0.29, 0.717) is 25.0 Å². The first-order valence-electron chi connectivity index (χ1n) is 7.09. The topological polar surface area (TPSA) is 38.3 Å². The maximum atomic E-state index is 11.6. The molecule has 0 saturated heterocycles. The van der Waals surface area contributed by atoms with E-state index in [4.69, 9.17) is 4.74 Å². The normalized spacial score (nSPS) is 21.3. The molecule has 1 aliphatic rings. The molecule has 1 aromatic rings. The molecule has 0 aliphatic heterocycles. The van der Waals surface area contributed by atoms with Crippen molar-refractivity contribution in [3.05, 3.63) is 29.8 Å². The van der Waals surface area contributed by atoms with Crippen molar-refractivity contribution in [1.82, 2.24) is 5.32 Å². The first-order chi connectivity index (χ1) is 9.09. The van der Waals surface area contributed by atoms with Crippen molar-refractivity contribution in [1.29, 1.82) is 0 Å². The van der Waals surface area contributed by atoms with Crippen LogP contribution in [0.1, 0.15) is 38.7 Å². The van der Waals surface area contributed by atoms with Gasteiger partial charge >= 0.3 is 0 Å². The van der Waals surface area contributed by atoms with E-state index in [0.717, 1.165) is 12.2 Å². The van der Waals surface area contributed by atoms with E-state index < -0.39 is 0 Å². The first-order valence-corrected chi connectivity index (χ1v) is 7.09. The van der Waals surface area contributed by atoms with Crippen molar-refractivity contribution < 1.29 is 9.53 Å². The number of amides is 1. The van der Waals surface area contributed by atoms with E-state index in [-0.39, 0.29) is 11.8 Å². The van der Waals surface area contributed by atoms with Gasteiger partial charge < -0.3 is 10.1 Å². The van der Waals surface area contributed by atoms with Crippen LogP contribution in [0.3, 0.4) is 0 Å². The van der Waals surface area contributed by atoms with E-state index in [9.17, 15) is 4.79 Å². The van der Waals surface area contributed by atoms with Crippen LogP contribution < -0.4 is 10.1 Å². The average Bonchev–Trinajstić information content (AvgIpc) is 3.12. The Morgan fingerprint density at radius 1 is 1.42 bits per heavy atom. The molecular weight excluding hydrogens is 238 g/mol. The lowest BCUT2D eigenvalue weighted by Gasteiger charge is -2.14. The summed E-state index contributed by atoms with van der Waals surface area (Å²) >= 11 is 0. The molecule has 0 radical (unpaired) electrons. The van der Waals surface area contributed by atoms with Gasteiger partial charge in [0.1, 0.15) is 12.4 Å². The molecule has 2 atom stereocenters. The minimum Gasteiger partial charge on any atom is -0.491 e. The van der Waals surface area contributed by atoms with Gasteiger partial charge in [-0.2, -0.15) is 0 Å². The minimum absolute atomic E-state index is 0.174. The molecule has 0 heterocycles. The molecule has 0 bridgehead atoms. The fourth-order valence-electron chi connectivity index (χ4n) is 2.24. The maximum absolute atomic E-state index is 11.6. The van der Waals surface area contributed by atoms with Crippen LogP contribution in [0.15, 0.2) is 24.3 Å². The van der Waals surface area contributed by atoms with Gasteiger partial charge in [0.05, 0.1) is 6.54 Å². The van der Waals surface area contributed by atoms with Crippen molar-refractivity contribution >= 4 is 5.91 Å². The Labute approximate surface area is 115 Å². The Kier molecular flexibility index (Phi) is 4.46. The fourth-order valence-corrected chi connectivity index (χ4v) is 2.24. The lowest BCUT2D eigenvalue weighted by atomic mass is 10.0. The Bertz CT molecular complexity index is 442. The summed E-state index contributed by atoms with van der Waals surface area (Å²) in [5.74, 6) is 2.34. The number of hydrogen-bond acceptors (Lipinski definition) is 2. The molecule has 2 rings (SSSR count). The second-order valence-corrected chi connectivity index (χ2v) is 5.65. The molecule has 1 fully saturated rings. The number of benzene rings is 1. The molecule has 104 valence electrons. The highest BCUT2D eigenvalue weighted by atomic mass is 16.5. The molecule has 1 saturated carbocycles. The number of nitrogens with one attached hydrogen (secondary N) is 1. The summed E-state index contributed by atoms with van der Waals surface area (Å²) in [6.07, 6.45) is 1.03.